The van der Waals surface area contributed by atoms with Crippen molar-refractivity contribution in [3.63, 3.8) is 0 Å². The highest BCUT2D eigenvalue weighted by Gasteiger charge is 2.29. The van der Waals surface area contributed by atoms with E-state index in [0.717, 1.165) is 38.1 Å². The van der Waals surface area contributed by atoms with Gasteiger partial charge in [0.25, 0.3) is 0 Å². The minimum atomic E-state index is 0.0211. The van der Waals surface area contributed by atoms with Gasteiger partial charge in [-0.05, 0) is 19.3 Å². The summed E-state index contributed by atoms with van der Waals surface area (Å²) in [6, 6.07) is 0. The zero-order chi connectivity index (χ0) is 11.4. The molecule has 4 heteroatoms. The summed E-state index contributed by atoms with van der Waals surface area (Å²) in [4.78, 5) is 4.19. The summed E-state index contributed by atoms with van der Waals surface area (Å²) in [6.07, 6.45) is 6.91. The molecule has 1 saturated heterocycles. The van der Waals surface area contributed by atoms with Crippen molar-refractivity contribution in [2.45, 2.75) is 38.8 Å². The number of hydrogen-bond acceptors (Lipinski definition) is 3. The Bertz CT molecular complexity index is 325. The highest BCUT2D eigenvalue weighted by atomic mass is 16.5. The molecule has 4 nitrogen and oxygen atoms in total. The Morgan fingerprint density at radius 2 is 2.50 bits per heavy atom. The topological polar surface area (TPSA) is 47.3 Å². The number of ether oxygens (including phenoxy) is 1. The van der Waals surface area contributed by atoms with Gasteiger partial charge in [-0.1, -0.05) is 6.92 Å². The Kier molecular flexibility index (Phi) is 3.96. The molecule has 2 unspecified atom stereocenters. The maximum atomic E-state index is 9.37. The Morgan fingerprint density at radius 3 is 3.25 bits per heavy atom. The first kappa shape index (κ1) is 11.6. The van der Waals surface area contributed by atoms with Gasteiger partial charge >= 0.3 is 0 Å². The third-order valence-corrected chi connectivity index (χ3v) is 3.18. The van der Waals surface area contributed by atoms with E-state index >= 15 is 0 Å². The third-order valence-electron chi connectivity index (χ3n) is 3.18. The lowest BCUT2D eigenvalue weighted by molar-refractivity contribution is -0.0497. The van der Waals surface area contributed by atoms with Crippen LogP contribution in [-0.4, -0.2) is 27.9 Å². The number of aryl methyl sites for hydroxylation is 1. The van der Waals surface area contributed by atoms with Gasteiger partial charge in [-0.25, -0.2) is 4.98 Å². The standard InChI is InChI=1S/C12H20N2O2/c1-2-5-14-9-13-7-11(14)12-10(8-15)4-3-6-16-12/h7,9-10,12,15H,2-6,8H2,1H3. The molecule has 0 radical (unpaired) electrons. The van der Waals surface area contributed by atoms with Crippen LogP contribution in [0.25, 0.3) is 0 Å². The fraction of sp³-hybridized carbons (Fsp3) is 0.750. The molecule has 1 aromatic heterocycles. The van der Waals surface area contributed by atoms with E-state index in [4.69, 9.17) is 4.74 Å². The molecule has 0 aliphatic carbocycles. The summed E-state index contributed by atoms with van der Waals surface area (Å²) < 4.78 is 7.93. The van der Waals surface area contributed by atoms with Crippen LogP contribution in [0, 0.1) is 5.92 Å². The summed E-state index contributed by atoms with van der Waals surface area (Å²) in [5.41, 5.74) is 1.11. The first-order chi connectivity index (χ1) is 7.86. The highest BCUT2D eigenvalue weighted by molar-refractivity contribution is 5.05. The second-order valence-corrected chi connectivity index (χ2v) is 4.39. The molecule has 1 N–H and O–H groups in total. The Balaban J connectivity index is 2.16. The van der Waals surface area contributed by atoms with E-state index in [1.54, 1.807) is 0 Å². The van der Waals surface area contributed by atoms with Gasteiger partial charge in [0.15, 0.2) is 0 Å². The Hall–Kier alpha value is -0.870. The quantitative estimate of drug-likeness (QED) is 0.847. The Labute approximate surface area is 96.3 Å². The second kappa shape index (κ2) is 5.46. The monoisotopic (exact) mass is 224 g/mol. The van der Waals surface area contributed by atoms with E-state index in [2.05, 4.69) is 16.5 Å². The molecule has 2 heterocycles. The van der Waals surface area contributed by atoms with E-state index in [-0.39, 0.29) is 18.6 Å². The van der Waals surface area contributed by atoms with Crippen LogP contribution in [0.3, 0.4) is 0 Å². The van der Waals surface area contributed by atoms with Crippen LogP contribution in [0.5, 0.6) is 0 Å². The summed E-state index contributed by atoms with van der Waals surface area (Å²) in [6.45, 7) is 4.10. The van der Waals surface area contributed by atoms with Gasteiger partial charge in [-0.2, -0.15) is 0 Å². The van der Waals surface area contributed by atoms with Crippen molar-refractivity contribution in [2.24, 2.45) is 5.92 Å². The number of rotatable bonds is 4. The predicted octanol–water partition coefficient (Wildman–Crippen LogP) is 1.75. The SMILES string of the molecule is CCCn1cncc1C1OCCCC1CO. The van der Waals surface area contributed by atoms with E-state index in [9.17, 15) is 5.11 Å². The molecule has 0 amide bonds. The molecule has 1 aromatic rings. The average Bonchev–Trinajstić information content (AvgIpc) is 2.77. The molecule has 2 rings (SSSR count). The molecule has 1 aliphatic rings. The van der Waals surface area contributed by atoms with Crippen LogP contribution in [0.4, 0.5) is 0 Å². The van der Waals surface area contributed by atoms with Crippen molar-refractivity contribution in [1.29, 1.82) is 0 Å². The molecule has 0 spiro atoms. The molecule has 16 heavy (non-hydrogen) atoms. The maximum Gasteiger partial charge on any atom is 0.104 e. The Morgan fingerprint density at radius 1 is 1.62 bits per heavy atom. The van der Waals surface area contributed by atoms with Gasteiger partial charge in [0.2, 0.25) is 0 Å². The zero-order valence-electron chi connectivity index (χ0n) is 9.80. The van der Waals surface area contributed by atoms with E-state index < -0.39 is 0 Å². The molecule has 90 valence electrons. The van der Waals surface area contributed by atoms with Crippen LogP contribution >= 0.6 is 0 Å². The van der Waals surface area contributed by atoms with Gasteiger partial charge in [0, 0.05) is 25.7 Å². The van der Waals surface area contributed by atoms with Crippen molar-refractivity contribution in [2.75, 3.05) is 13.2 Å². The van der Waals surface area contributed by atoms with Crippen molar-refractivity contribution in [3.8, 4) is 0 Å². The summed E-state index contributed by atoms with van der Waals surface area (Å²) in [5, 5.41) is 9.37. The second-order valence-electron chi connectivity index (χ2n) is 4.39. The van der Waals surface area contributed by atoms with Gasteiger partial charge in [-0.15, -0.1) is 0 Å². The van der Waals surface area contributed by atoms with Gasteiger partial charge in [0.1, 0.15) is 6.10 Å². The number of hydrogen-bond donors (Lipinski definition) is 1. The average molecular weight is 224 g/mol. The van der Waals surface area contributed by atoms with Gasteiger partial charge in [0.05, 0.1) is 18.2 Å². The van der Waals surface area contributed by atoms with E-state index in [1.807, 2.05) is 12.5 Å². The van der Waals surface area contributed by atoms with Crippen LogP contribution in [0.2, 0.25) is 0 Å². The number of aliphatic hydroxyl groups is 1. The molecule has 0 aromatic carbocycles. The van der Waals surface area contributed by atoms with Crippen molar-refractivity contribution in [3.05, 3.63) is 18.2 Å². The maximum absolute atomic E-state index is 9.37. The highest BCUT2D eigenvalue weighted by Crippen LogP contribution is 2.33. The van der Waals surface area contributed by atoms with E-state index in [0.29, 0.717) is 0 Å². The number of aromatic nitrogens is 2. The number of nitrogens with zero attached hydrogens (tertiary/aromatic N) is 2. The molecular formula is C12H20N2O2. The first-order valence-corrected chi connectivity index (χ1v) is 6.09. The number of aliphatic hydroxyl groups excluding tert-OH is 1. The molecule has 0 saturated carbocycles. The lowest BCUT2D eigenvalue weighted by Gasteiger charge is -2.30. The zero-order valence-corrected chi connectivity index (χ0v) is 9.80. The smallest absolute Gasteiger partial charge is 0.104 e. The molecule has 1 fully saturated rings. The lowest BCUT2D eigenvalue weighted by Crippen LogP contribution is -2.27. The number of imidazole rings is 1. The summed E-state index contributed by atoms with van der Waals surface area (Å²) in [5.74, 6) is 0.223. The molecular weight excluding hydrogens is 204 g/mol. The summed E-state index contributed by atoms with van der Waals surface area (Å²) in [7, 11) is 0. The molecule has 2 atom stereocenters. The molecule has 0 bridgehead atoms. The van der Waals surface area contributed by atoms with Crippen molar-refractivity contribution >= 4 is 0 Å². The van der Waals surface area contributed by atoms with Crippen molar-refractivity contribution < 1.29 is 9.84 Å². The van der Waals surface area contributed by atoms with Gasteiger partial charge < -0.3 is 14.4 Å². The largest absolute Gasteiger partial charge is 0.396 e. The lowest BCUT2D eigenvalue weighted by atomic mass is 9.93. The fourth-order valence-corrected chi connectivity index (χ4v) is 2.35. The first-order valence-electron chi connectivity index (χ1n) is 6.09. The van der Waals surface area contributed by atoms with Crippen LogP contribution < -0.4 is 0 Å². The van der Waals surface area contributed by atoms with Crippen LogP contribution in [0.15, 0.2) is 12.5 Å². The van der Waals surface area contributed by atoms with Crippen LogP contribution in [0.1, 0.15) is 38.0 Å². The van der Waals surface area contributed by atoms with E-state index in [1.165, 1.54) is 0 Å². The summed E-state index contributed by atoms with van der Waals surface area (Å²) >= 11 is 0. The van der Waals surface area contributed by atoms with Crippen molar-refractivity contribution in [1.82, 2.24) is 9.55 Å². The minimum Gasteiger partial charge on any atom is -0.396 e. The minimum absolute atomic E-state index is 0.0211. The third kappa shape index (κ3) is 2.28. The predicted molar refractivity (Wildman–Crippen MR) is 61.0 cm³/mol. The normalized spacial score (nSPS) is 25.9. The van der Waals surface area contributed by atoms with Gasteiger partial charge in [-0.3, -0.25) is 0 Å². The molecule has 1 aliphatic heterocycles. The van der Waals surface area contributed by atoms with Crippen LogP contribution in [-0.2, 0) is 11.3 Å². The fourth-order valence-electron chi connectivity index (χ4n) is 2.35.